The number of nitrogens with one attached hydrogen (secondary N) is 1. The average Bonchev–Trinajstić information content (AvgIpc) is 2.40. The van der Waals surface area contributed by atoms with Gasteiger partial charge in [-0.1, -0.05) is 0 Å². The third-order valence-electron chi connectivity index (χ3n) is 2.22. The Morgan fingerprint density at radius 2 is 2.00 bits per heavy atom. The largest absolute Gasteiger partial charge is 0.316 e. The van der Waals surface area contributed by atoms with Crippen molar-refractivity contribution in [3.05, 3.63) is 0 Å². The van der Waals surface area contributed by atoms with Gasteiger partial charge in [-0.25, -0.2) is 0 Å². The molecule has 1 N–H and O–H groups in total. The molecule has 0 radical (unpaired) electrons. The highest BCUT2D eigenvalue weighted by Gasteiger charge is 2.12. The fraction of sp³-hybridized carbons (Fsp3) is 1.00. The van der Waals surface area contributed by atoms with Crippen LogP contribution in [0.15, 0.2) is 0 Å². The summed E-state index contributed by atoms with van der Waals surface area (Å²) in [7, 11) is 2.03. The monoisotopic (exact) mass is 142 g/mol. The standard InChI is InChI=1S/C8H18N2/c1-8(9-2)7-10-5-3-4-6-10/h8-9H,3-7H2,1-2H3/t8-/m0/s1. The van der Waals surface area contributed by atoms with Gasteiger partial charge in [-0.2, -0.15) is 0 Å². The van der Waals surface area contributed by atoms with Crippen LogP contribution in [0.1, 0.15) is 19.8 Å². The van der Waals surface area contributed by atoms with Crippen LogP contribution >= 0.6 is 0 Å². The molecule has 0 aromatic rings. The topological polar surface area (TPSA) is 15.3 Å². The zero-order chi connectivity index (χ0) is 7.40. The Morgan fingerprint density at radius 3 is 2.50 bits per heavy atom. The number of nitrogens with zero attached hydrogens (tertiary/aromatic N) is 1. The Kier molecular flexibility index (Phi) is 3.16. The van der Waals surface area contributed by atoms with Crippen LogP contribution in [0.2, 0.25) is 0 Å². The van der Waals surface area contributed by atoms with Gasteiger partial charge in [0.15, 0.2) is 0 Å². The number of likely N-dealkylation sites (tertiary alicyclic amines) is 1. The molecule has 0 spiro atoms. The van der Waals surface area contributed by atoms with E-state index in [0.717, 1.165) is 0 Å². The molecule has 0 saturated carbocycles. The van der Waals surface area contributed by atoms with Crippen molar-refractivity contribution in [3.63, 3.8) is 0 Å². The summed E-state index contributed by atoms with van der Waals surface area (Å²) < 4.78 is 0. The van der Waals surface area contributed by atoms with E-state index in [1.165, 1.54) is 32.5 Å². The second-order valence-electron chi connectivity index (χ2n) is 3.20. The summed E-state index contributed by atoms with van der Waals surface area (Å²) in [6.07, 6.45) is 2.80. The molecule has 1 saturated heterocycles. The van der Waals surface area contributed by atoms with Crippen LogP contribution in [0.25, 0.3) is 0 Å². The lowest BCUT2D eigenvalue weighted by Crippen LogP contribution is -2.35. The van der Waals surface area contributed by atoms with Crippen LogP contribution in [-0.2, 0) is 0 Å². The molecule has 0 aromatic carbocycles. The Bertz CT molecular complexity index is 87.3. The van der Waals surface area contributed by atoms with Gasteiger partial charge in [0.1, 0.15) is 0 Å². The van der Waals surface area contributed by atoms with Gasteiger partial charge in [-0.15, -0.1) is 0 Å². The third kappa shape index (κ3) is 2.27. The van der Waals surface area contributed by atoms with Crippen LogP contribution < -0.4 is 5.32 Å². The summed E-state index contributed by atoms with van der Waals surface area (Å²) in [5.74, 6) is 0. The summed E-state index contributed by atoms with van der Waals surface area (Å²) in [4.78, 5) is 2.53. The Morgan fingerprint density at radius 1 is 1.40 bits per heavy atom. The molecule has 0 bridgehead atoms. The average molecular weight is 142 g/mol. The summed E-state index contributed by atoms with van der Waals surface area (Å²) in [6, 6.07) is 0.651. The van der Waals surface area contributed by atoms with Crippen molar-refractivity contribution in [2.45, 2.75) is 25.8 Å². The Hall–Kier alpha value is -0.0800. The number of hydrogen-bond acceptors (Lipinski definition) is 2. The maximum Gasteiger partial charge on any atom is 0.0163 e. The van der Waals surface area contributed by atoms with Crippen molar-refractivity contribution in [2.75, 3.05) is 26.7 Å². The molecule has 1 aliphatic heterocycles. The van der Waals surface area contributed by atoms with E-state index in [9.17, 15) is 0 Å². The molecular formula is C8H18N2. The van der Waals surface area contributed by atoms with E-state index in [1.807, 2.05) is 7.05 Å². The van der Waals surface area contributed by atoms with Crippen molar-refractivity contribution in [2.24, 2.45) is 0 Å². The first-order chi connectivity index (χ1) is 4.83. The summed E-state index contributed by atoms with van der Waals surface area (Å²) in [5, 5.41) is 3.25. The minimum Gasteiger partial charge on any atom is -0.316 e. The highest BCUT2D eigenvalue weighted by Crippen LogP contribution is 2.06. The van der Waals surface area contributed by atoms with Gasteiger partial charge in [-0.3, -0.25) is 0 Å². The predicted octanol–water partition coefficient (Wildman–Crippen LogP) is 0.690. The van der Waals surface area contributed by atoms with Crippen LogP contribution in [0, 0.1) is 0 Å². The van der Waals surface area contributed by atoms with Gasteiger partial charge in [0.2, 0.25) is 0 Å². The molecule has 1 aliphatic rings. The zero-order valence-corrected chi connectivity index (χ0v) is 7.06. The van der Waals surface area contributed by atoms with E-state index in [-0.39, 0.29) is 0 Å². The van der Waals surface area contributed by atoms with E-state index in [2.05, 4.69) is 17.1 Å². The molecule has 0 amide bonds. The van der Waals surface area contributed by atoms with Gasteiger partial charge in [0.25, 0.3) is 0 Å². The van der Waals surface area contributed by atoms with E-state index in [4.69, 9.17) is 0 Å². The molecular weight excluding hydrogens is 124 g/mol. The first-order valence-corrected chi connectivity index (χ1v) is 4.22. The number of hydrogen-bond donors (Lipinski definition) is 1. The fourth-order valence-corrected chi connectivity index (χ4v) is 1.44. The van der Waals surface area contributed by atoms with Crippen LogP contribution in [-0.4, -0.2) is 37.6 Å². The van der Waals surface area contributed by atoms with Gasteiger partial charge < -0.3 is 10.2 Å². The SMILES string of the molecule is CN[C@@H](C)CN1CCCC1. The van der Waals surface area contributed by atoms with Crippen molar-refractivity contribution < 1.29 is 0 Å². The van der Waals surface area contributed by atoms with E-state index in [0.29, 0.717) is 6.04 Å². The minimum absolute atomic E-state index is 0.651. The fourth-order valence-electron chi connectivity index (χ4n) is 1.44. The first-order valence-electron chi connectivity index (χ1n) is 4.22. The molecule has 0 aromatic heterocycles. The lowest BCUT2D eigenvalue weighted by Gasteiger charge is -2.19. The molecule has 2 nitrogen and oxygen atoms in total. The summed E-state index contributed by atoms with van der Waals surface area (Å²) in [6.45, 7) is 6.08. The molecule has 1 atom stereocenters. The molecule has 2 heteroatoms. The molecule has 0 unspecified atom stereocenters. The first kappa shape index (κ1) is 8.02. The third-order valence-corrected chi connectivity index (χ3v) is 2.22. The second-order valence-corrected chi connectivity index (χ2v) is 3.20. The molecule has 0 aliphatic carbocycles. The molecule has 1 rings (SSSR count). The highest BCUT2D eigenvalue weighted by molar-refractivity contribution is 4.70. The summed E-state index contributed by atoms with van der Waals surface area (Å²) in [5.41, 5.74) is 0. The van der Waals surface area contributed by atoms with Gasteiger partial charge in [0, 0.05) is 12.6 Å². The Labute approximate surface area is 63.6 Å². The second kappa shape index (κ2) is 3.94. The molecule has 60 valence electrons. The van der Waals surface area contributed by atoms with Gasteiger partial charge >= 0.3 is 0 Å². The van der Waals surface area contributed by atoms with E-state index < -0.39 is 0 Å². The Balaban J connectivity index is 2.11. The molecule has 1 heterocycles. The molecule has 1 fully saturated rings. The lowest BCUT2D eigenvalue weighted by molar-refractivity contribution is 0.305. The van der Waals surface area contributed by atoms with E-state index >= 15 is 0 Å². The van der Waals surface area contributed by atoms with Crippen LogP contribution in [0.5, 0.6) is 0 Å². The number of likely N-dealkylation sites (N-methyl/N-ethyl adjacent to an activating group) is 1. The predicted molar refractivity (Wildman–Crippen MR) is 44.2 cm³/mol. The van der Waals surface area contributed by atoms with Crippen LogP contribution in [0.4, 0.5) is 0 Å². The van der Waals surface area contributed by atoms with Crippen LogP contribution in [0.3, 0.4) is 0 Å². The minimum atomic E-state index is 0.651. The van der Waals surface area contributed by atoms with Crippen molar-refractivity contribution in [3.8, 4) is 0 Å². The quantitative estimate of drug-likeness (QED) is 0.623. The van der Waals surface area contributed by atoms with Crippen molar-refractivity contribution >= 4 is 0 Å². The maximum absolute atomic E-state index is 3.25. The normalized spacial score (nSPS) is 23.4. The van der Waals surface area contributed by atoms with Crippen molar-refractivity contribution in [1.82, 2.24) is 10.2 Å². The lowest BCUT2D eigenvalue weighted by atomic mass is 10.3. The maximum atomic E-state index is 3.25. The van der Waals surface area contributed by atoms with Gasteiger partial charge in [0.05, 0.1) is 0 Å². The van der Waals surface area contributed by atoms with E-state index in [1.54, 1.807) is 0 Å². The smallest absolute Gasteiger partial charge is 0.0163 e. The molecule has 10 heavy (non-hydrogen) atoms. The van der Waals surface area contributed by atoms with Crippen molar-refractivity contribution in [1.29, 1.82) is 0 Å². The van der Waals surface area contributed by atoms with Gasteiger partial charge in [-0.05, 0) is 39.9 Å². The highest BCUT2D eigenvalue weighted by atomic mass is 15.2. The zero-order valence-electron chi connectivity index (χ0n) is 7.06. The summed E-state index contributed by atoms with van der Waals surface area (Å²) >= 11 is 0. The number of rotatable bonds is 3.